The van der Waals surface area contributed by atoms with Crippen LogP contribution >= 0.6 is 0 Å². The average molecular weight is 157 g/mol. The number of likely N-dealkylation sites (tertiary alicyclic amines) is 1. The number of imide groups is 1. The number of nitrogens with zero attached hydrogens (tertiary/aromatic N) is 1. The van der Waals surface area contributed by atoms with Gasteiger partial charge in [-0.15, -0.1) is 0 Å². The Morgan fingerprint density at radius 2 is 2.18 bits per heavy atom. The molecule has 1 heterocycles. The second-order valence-electron chi connectivity index (χ2n) is 2.62. The summed E-state index contributed by atoms with van der Waals surface area (Å²) in [7, 11) is 1.47. The van der Waals surface area contributed by atoms with Crippen LogP contribution in [0.3, 0.4) is 0 Å². The minimum atomic E-state index is -0.418. The molecule has 1 aliphatic heterocycles. The third-order valence-corrected chi connectivity index (χ3v) is 1.92. The molecule has 0 aliphatic carbocycles. The molecule has 0 spiro atoms. The largest absolute Gasteiger partial charge is 0.369 e. The number of ether oxygens (including phenoxy) is 1. The second kappa shape index (κ2) is 2.62. The third-order valence-electron chi connectivity index (χ3n) is 1.92. The van der Waals surface area contributed by atoms with Crippen LogP contribution in [0.15, 0.2) is 0 Å². The van der Waals surface area contributed by atoms with Gasteiger partial charge in [-0.05, 0) is 6.92 Å². The molecule has 0 N–H and O–H groups in total. The maximum Gasteiger partial charge on any atom is 0.260 e. The van der Waals surface area contributed by atoms with Gasteiger partial charge in [-0.2, -0.15) is 0 Å². The number of hydrogen-bond donors (Lipinski definition) is 0. The van der Waals surface area contributed by atoms with Crippen molar-refractivity contribution in [2.45, 2.75) is 26.0 Å². The van der Waals surface area contributed by atoms with Crippen LogP contribution in [0.5, 0.6) is 0 Å². The van der Waals surface area contributed by atoms with Gasteiger partial charge in [0, 0.05) is 14.0 Å². The van der Waals surface area contributed by atoms with Gasteiger partial charge in [-0.3, -0.25) is 14.5 Å². The third kappa shape index (κ3) is 1.03. The van der Waals surface area contributed by atoms with Gasteiger partial charge in [0.1, 0.15) is 0 Å². The summed E-state index contributed by atoms with van der Waals surface area (Å²) in [4.78, 5) is 23.0. The summed E-state index contributed by atoms with van der Waals surface area (Å²) in [6.45, 7) is 3.16. The first-order chi connectivity index (χ1) is 5.09. The minimum absolute atomic E-state index is 0.106. The second-order valence-corrected chi connectivity index (χ2v) is 2.62. The molecule has 1 fully saturated rings. The number of rotatable bonds is 1. The lowest BCUT2D eigenvalue weighted by Gasteiger charge is -2.41. The van der Waals surface area contributed by atoms with E-state index in [1.54, 1.807) is 6.92 Å². The molecular weight excluding hydrogens is 146 g/mol. The zero-order valence-corrected chi connectivity index (χ0v) is 6.83. The van der Waals surface area contributed by atoms with E-state index in [-0.39, 0.29) is 17.9 Å². The molecule has 0 aromatic carbocycles. The van der Waals surface area contributed by atoms with E-state index in [1.165, 1.54) is 18.9 Å². The van der Waals surface area contributed by atoms with E-state index in [1.807, 2.05) is 0 Å². The first kappa shape index (κ1) is 8.20. The highest BCUT2D eigenvalue weighted by Gasteiger charge is 2.46. The van der Waals surface area contributed by atoms with Crippen molar-refractivity contribution >= 4 is 11.8 Å². The van der Waals surface area contributed by atoms with Crippen molar-refractivity contribution < 1.29 is 14.3 Å². The molecular formula is C7H11NO3. The molecule has 2 unspecified atom stereocenters. The van der Waals surface area contributed by atoms with E-state index in [0.29, 0.717) is 0 Å². The molecule has 0 aromatic heterocycles. The summed E-state index contributed by atoms with van der Waals surface area (Å²) in [5, 5.41) is 0. The Morgan fingerprint density at radius 3 is 2.45 bits per heavy atom. The molecule has 4 heteroatoms. The van der Waals surface area contributed by atoms with Crippen LogP contribution in [0.1, 0.15) is 13.8 Å². The van der Waals surface area contributed by atoms with Gasteiger partial charge in [0.15, 0.2) is 6.10 Å². The Balaban J connectivity index is 2.64. The van der Waals surface area contributed by atoms with Gasteiger partial charge in [0.05, 0.1) is 6.04 Å². The number of β-lactam (4-membered cyclic amide) rings is 1. The van der Waals surface area contributed by atoms with Crippen molar-refractivity contribution in [3.05, 3.63) is 0 Å². The van der Waals surface area contributed by atoms with E-state index in [0.717, 1.165) is 0 Å². The van der Waals surface area contributed by atoms with Crippen LogP contribution < -0.4 is 0 Å². The van der Waals surface area contributed by atoms with E-state index < -0.39 is 6.10 Å². The van der Waals surface area contributed by atoms with E-state index in [4.69, 9.17) is 4.74 Å². The fraction of sp³-hybridized carbons (Fsp3) is 0.714. The van der Waals surface area contributed by atoms with Crippen molar-refractivity contribution in [3.8, 4) is 0 Å². The fourth-order valence-electron chi connectivity index (χ4n) is 1.34. The molecule has 11 heavy (non-hydrogen) atoms. The first-order valence-electron chi connectivity index (χ1n) is 3.46. The van der Waals surface area contributed by atoms with Crippen molar-refractivity contribution in [1.82, 2.24) is 4.90 Å². The van der Waals surface area contributed by atoms with Gasteiger partial charge in [-0.25, -0.2) is 0 Å². The summed E-state index contributed by atoms with van der Waals surface area (Å²) >= 11 is 0. The average Bonchev–Trinajstić information content (AvgIpc) is 1.87. The smallest absolute Gasteiger partial charge is 0.260 e. The van der Waals surface area contributed by atoms with Crippen molar-refractivity contribution in [3.63, 3.8) is 0 Å². The summed E-state index contributed by atoms with van der Waals surface area (Å²) in [6.07, 6.45) is -0.418. The van der Waals surface area contributed by atoms with Crippen LogP contribution in [0.4, 0.5) is 0 Å². The van der Waals surface area contributed by atoms with Crippen LogP contribution in [0.25, 0.3) is 0 Å². The first-order valence-corrected chi connectivity index (χ1v) is 3.46. The monoisotopic (exact) mass is 157 g/mol. The standard InChI is InChI=1S/C7H11NO3/c1-4-6(11-3)7(10)8(4)5(2)9/h4,6H,1-3H3. The van der Waals surface area contributed by atoms with E-state index >= 15 is 0 Å². The lowest BCUT2D eigenvalue weighted by atomic mass is 10.0. The molecule has 4 nitrogen and oxygen atoms in total. The van der Waals surface area contributed by atoms with Crippen LogP contribution in [-0.4, -0.2) is 36.0 Å². The van der Waals surface area contributed by atoms with Gasteiger partial charge in [0.25, 0.3) is 5.91 Å². The Hall–Kier alpha value is -0.900. The van der Waals surface area contributed by atoms with Crippen molar-refractivity contribution in [2.24, 2.45) is 0 Å². The summed E-state index contributed by atoms with van der Waals surface area (Å²) in [6, 6.07) is -0.106. The zero-order valence-electron chi connectivity index (χ0n) is 6.83. The van der Waals surface area contributed by atoms with Gasteiger partial charge in [0.2, 0.25) is 5.91 Å². The maximum absolute atomic E-state index is 11.0. The molecule has 1 saturated heterocycles. The highest BCUT2D eigenvalue weighted by Crippen LogP contribution is 2.21. The van der Waals surface area contributed by atoms with Crippen LogP contribution in [0.2, 0.25) is 0 Å². The molecule has 0 bridgehead atoms. The topological polar surface area (TPSA) is 46.6 Å². The molecule has 1 rings (SSSR count). The maximum atomic E-state index is 11.0. The molecule has 62 valence electrons. The summed E-state index contributed by atoms with van der Waals surface area (Å²) < 4.78 is 4.85. The molecule has 0 radical (unpaired) electrons. The van der Waals surface area contributed by atoms with Crippen molar-refractivity contribution in [1.29, 1.82) is 0 Å². The van der Waals surface area contributed by atoms with E-state index in [2.05, 4.69) is 0 Å². The van der Waals surface area contributed by atoms with Gasteiger partial charge < -0.3 is 4.74 Å². The van der Waals surface area contributed by atoms with Crippen LogP contribution in [0, 0.1) is 0 Å². The van der Waals surface area contributed by atoms with Crippen LogP contribution in [-0.2, 0) is 14.3 Å². The van der Waals surface area contributed by atoms with Gasteiger partial charge >= 0.3 is 0 Å². The molecule has 0 saturated carbocycles. The lowest BCUT2D eigenvalue weighted by Crippen LogP contribution is -2.65. The zero-order chi connectivity index (χ0) is 8.59. The number of amides is 2. The Bertz CT molecular complexity index is 202. The predicted molar refractivity (Wildman–Crippen MR) is 37.8 cm³/mol. The SMILES string of the molecule is COC1C(=O)N(C(C)=O)C1C. The normalized spacial score (nSPS) is 30.1. The minimum Gasteiger partial charge on any atom is -0.369 e. The summed E-state index contributed by atoms with van der Waals surface area (Å²) in [5.41, 5.74) is 0. The van der Waals surface area contributed by atoms with Gasteiger partial charge in [-0.1, -0.05) is 0 Å². The quantitative estimate of drug-likeness (QED) is 0.494. The molecule has 1 aliphatic rings. The fourth-order valence-corrected chi connectivity index (χ4v) is 1.34. The summed E-state index contributed by atoms with van der Waals surface area (Å²) in [5.74, 6) is -0.441. The Morgan fingerprint density at radius 1 is 1.64 bits per heavy atom. The lowest BCUT2D eigenvalue weighted by molar-refractivity contribution is -0.174. The number of carbonyl (C=O) groups is 2. The highest BCUT2D eigenvalue weighted by atomic mass is 16.5. The number of methoxy groups -OCH3 is 1. The molecule has 2 atom stereocenters. The van der Waals surface area contributed by atoms with Crippen molar-refractivity contribution in [2.75, 3.05) is 7.11 Å². The number of carbonyl (C=O) groups excluding carboxylic acids is 2. The van der Waals surface area contributed by atoms with E-state index in [9.17, 15) is 9.59 Å². The predicted octanol–water partition coefficient (Wildman–Crippen LogP) is -0.221. The molecule has 0 aromatic rings. The molecule has 2 amide bonds. The highest BCUT2D eigenvalue weighted by molar-refractivity contribution is 6.02. The number of hydrogen-bond acceptors (Lipinski definition) is 3. The Kier molecular flexibility index (Phi) is 1.95. The Labute approximate surface area is 65.1 Å².